The molecular weight excluding hydrogens is 374 g/mol. The molecule has 2 saturated heterocycles. The summed E-state index contributed by atoms with van der Waals surface area (Å²) in [5.74, 6) is 0.246. The van der Waals surface area contributed by atoms with Crippen molar-refractivity contribution in [3.63, 3.8) is 0 Å². The lowest BCUT2D eigenvalue weighted by Gasteiger charge is -2.28. The van der Waals surface area contributed by atoms with E-state index in [0.717, 1.165) is 36.0 Å². The number of carbonyl (C=O) groups is 1. The van der Waals surface area contributed by atoms with Crippen molar-refractivity contribution < 1.29 is 9.53 Å². The predicted octanol–water partition coefficient (Wildman–Crippen LogP) is 5.24. The Hall–Kier alpha value is -2.27. The minimum Gasteiger partial charge on any atom is -0.444 e. The van der Waals surface area contributed by atoms with Crippen molar-refractivity contribution in [3.8, 4) is 11.1 Å². The zero-order valence-electron chi connectivity index (χ0n) is 16.5. The predicted molar refractivity (Wildman–Crippen MR) is 111 cm³/mol. The molecule has 2 bridgehead atoms. The molecule has 2 aliphatic rings. The Morgan fingerprint density at radius 1 is 1.29 bits per heavy atom. The number of pyridine rings is 1. The minimum atomic E-state index is -0.489. The zero-order chi connectivity index (χ0) is 20.1. The van der Waals surface area contributed by atoms with Crippen LogP contribution in [0.1, 0.15) is 51.5 Å². The van der Waals surface area contributed by atoms with E-state index in [1.54, 1.807) is 0 Å². The van der Waals surface area contributed by atoms with Crippen LogP contribution in [0.25, 0.3) is 11.1 Å². The molecule has 0 radical (unpaired) electrons. The Kier molecular flexibility index (Phi) is 4.74. The monoisotopic (exact) mass is 399 g/mol. The van der Waals surface area contributed by atoms with Gasteiger partial charge in [-0.05, 0) is 69.4 Å². The summed E-state index contributed by atoms with van der Waals surface area (Å²) in [5.41, 5.74) is 9.07. The molecule has 2 fully saturated rings. The summed E-state index contributed by atoms with van der Waals surface area (Å²) >= 11 is 6.38. The maximum Gasteiger partial charge on any atom is 0.410 e. The maximum atomic E-state index is 12.7. The van der Waals surface area contributed by atoms with Crippen LogP contribution >= 0.6 is 11.6 Å². The summed E-state index contributed by atoms with van der Waals surface area (Å²) in [6.07, 6.45) is 4.59. The number of aromatic nitrogens is 1. The molecule has 6 heteroatoms. The van der Waals surface area contributed by atoms with E-state index in [1.165, 1.54) is 0 Å². The summed E-state index contributed by atoms with van der Waals surface area (Å²) in [7, 11) is 0. The van der Waals surface area contributed by atoms with Crippen LogP contribution in [-0.4, -0.2) is 33.7 Å². The average molecular weight is 400 g/mol. The summed E-state index contributed by atoms with van der Waals surface area (Å²) < 4.78 is 5.65. The summed E-state index contributed by atoms with van der Waals surface area (Å²) in [4.78, 5) is 19.1. The number of nitrogens with zero attached hydrogens (tertiary/aromatic N) is 2. The number of hydrogen-bond acceptors (Lipinski definition) is 4. The van der Waals surface area contributed by atoms with Gasteiger partial charge in [0.15, 0.2) is 0 Å². The number of amides is 1. The Balaban J connectivity index is 1.62. The molecule has 0 spiro atoms. The van der Waals surface area contributed by atoms with E-state index in [9.17, 15) is 4.79 Å². The van der Waals surface area contributed by atoms with Crippen LogP contribution in [0, 0.1) is 0 Å². The first-order chi connectivity index (χ1) is 13.2. The molecule has 0 aliphatic carbocycles. The van der Waals surface area contributed by atoms with Crippen molar-refractivity contribution in [2.45, 2.75) is 63.6 Å². The smallest absolute Gasteiger partial charge is 0.410 e. The van der Waals surface area contributed by atoms with Gasteiger partial charge in [0.25, 0.3) is 0 Å². The number of rotatable bonds is 2. The second kappa shape index (κ2) is 6.96. The van der Waals surface area contributed by atoms with E-state index in [4.69, 9.17) is 22.1 Å². The molecule has 28 heavy (non-hydrogen) atoms. The van der Waals surface area contributed by atoms with E-state index < -0.39 is 5.60 Å². The second-order valence-electron chi connectivity index (χ2n) is 8.76. The molecule has 0 saturated carbocycles. The fourth-order valence-electron chi connectivity index (χ4n) is 4.52. The van der Waals surface area contributed by atoms with Crippen LogP contribution in [0.4, 0.5) is 10.5 Å². The number of nitrogen functional groups attached to an aromatic ring is 1. The third-order valence-electron chi connectivity index (χ3n) is 5.63. The van der Waals surface area contributed by atoms with Crippen LogP contribution in [0.15, 0.2) is 36.5 Å². The lowest BCUT2D eigenvalue weighted by Crippen LogP contribution is -2.40. The molecule has 148 valence electrons. The van der Waals surface area contributed by atoms with E-state index >= 15 is 0 Å². The number of anilines is 1. The zero-order valence-corrected chi connectivity index (χ0v) is 17.2. The molecular formula is C22H26ClN3O2. The number of ether oxygens (including phenoxy) is 1. The van der Waals surface area contributed by atoms with Crippen molar-refractivity contribution in [2.24, 2.45) is 0 Å². The van der Waals surface area contributed by atoms with Crippen molar-refractivity contribution >= 4 is 23.4 Å². The van der Waals surface area contributed by atoms with Gasteiger partial charge in [-0.25, -0.2) is 9.78 Å². The molecule has 1 aromatic carbocycles. The van der Waals surface area contributed by atoms with Crippen molar-refractivity contribution in [1.82, 2.24) is 9.88 Å². The first kappa shape index (κ1) is 19.1. The normalized spacial score (nSPS) is 23.9. The third kappa shape index (κ3) is 3.55. The summed E-state index contributed by atoms with van der Waals surface area (Å²) in [6, 6.07) is 10.1. The van der Waals surface area contributed by atoms with Crippen LogP contribution in [-0.2, 0) is 4.74 Å². The first-order valence-electron chi connectivity index (χ1n) is 9.75. The molecule has 1 aromatic heterocycles. The molecule has 4 rings (SSSR count). The molecule has 2 aliphatic heterocycles. The lowest BCUT2D eigenvalue weighted by molar-refractivity contribution is 0.0213. The number of carbonyl (C=O) groups excluding carboxylic acids is 1. The number of fused-ring (bicyclic) bond motifs is 2. The Labute approximate surface area is 170 Å². The van der Waals surface area contributed by atoms with E-state index in [0.29, 0.717) is 10.8 Å². The Bertz CT molecular complexity index is 909. The molecule has 3 heterocycles. The van der Waals surface area contributed by atoms with Gasteiger partial charge in [0.2, 0.25) is 0 Å². The van der Waals surface area contributed by atoms with Crippen molar-refractivity contribution in [1.29, 1.82) is 0 Å². The van der Waals surface area contributed by atoms with Gasteiger partial charge in [0, 0.05) is 35.4 Å². The molecule has 2 aromatic rings. The lowest BCUT2D eigenvalue weighted by atomic mass is 9.84. The van der Waals surface area contributed by atoms with Crippen LogP contribution in [0.5, 0.6) is 0 Å². The molecule has 2 N–H and O–H groups in total. The van der Waals surface area contributed by atoms with E-state index in [2.05, 4.69) is 11.1 Å². The Morgan fingerprint density at radius 3 is 2.79 bits per heavy atom. The SMILES string of the molecule is CC(C)(C)OC(=O)N1[C@H]2CC[C@@H]1[C@@H](c1cnc(Cl)c(-c3cccc(N)c3)c1)C2. The summed E-state index contributed by atoms with van der Waals surface area (Å²) in [5, 5.41) is 0.460. The first-order valence-corrected chi connectivity index (χ1v) is 10.1. The maximum absolute atomic E-state index is 12.7. The van der Waals surface area contributed by atoms with Crippen LogP contribution in [0.2, 0.25) is 5.15 Å². The molecule has 1 amide bonds. The number of halogens is 1. The van der Waals surface area contributed by atoms with E-state index in [1.807, 2.05) is 56.1 Å². The molecule has 0 unspecified atom stereocenters. The largest absolute Gasteiger partial charge is 0.444 e. The third-order valence-corrected chi connectivity index (χ3v) is 5.93. The quantitative estimate of drug-likeness (QED) is 0.553. The highest BCUT2D eigenvalue weighted by Crippen LogP contribution is 2.48. The fourth-order valence-corrected chi connectivity index (χ4v) is 4.73. The minimum absolute atomic E-state index is 0.150. The standard InChI is InChI=1S/C22H26ClN3O2/c1-22(2,3)28-21(27)26-16-7-8-19(26)17(11-16)14-10-18(20(23)25-12-14)13-5-4-6-15(24)9-13/h4-6,9-10,12,16-17,19H,7-8,11,24H2,1-3H3/t16-,17+,19+/m0/s1. The van der Waals surface area contributed by atoms with Crippen LogP contribution in [0.3, 0.4) is 0 Å². The molecule has 5 nitrogen and oxygen atoms in total. The van der Waals surface area contributed by atoms with Gasteiger partial charge in [0.05, 0.1) is 0 Å². The van der Waals surface area contributed by atoms with Crippen molar-refractivity contribution in [3.05, 3.63) is 47.2 Å². The van der Waals surface area contributed by atoms with E-state index in [-0.39, 0.29) is 24.1 Å². The van der Waals surface area contributed by atoms with Crippen molar-refractivity contribution in [2.75, 3.05) is 5.73 Å². The van der Waals surface area contributed by atoms with Gasteiger partial charge >= 0.3 is 6.09 Å². The summed E-state index contributed by atoms with van der Waals surface area (Å²) in [6.45, 7) is 5.71. The number of benzene rings is 1. The van der Waals surface area contributed by atoms with Gasteiger partial charge in [0.1, 0.15) is 10.8 Å². The fraction of sp³-hybridized carbons (Fsp3) is 0.455. The van der Waals surface area contributed by atoms with Gasteiger partial charge in [-0.2, -0.15) is 0 Å². The highest BCUT2D eigenvalue weighted by atomic mass is 35.5. The number of hydrogen-bond donors (Lipinski definition) is 1. The topological polar surface area (TPSA) is 68.5 Å². The second-order valence-corrected chi connectivity index (χ2v) is 9.12. The number of nitrogens with two attached hydrogens (primary N) is 1. The van der Waals surface area contributed by atoms with Gasteiger partial charge in [-0.15, -0.1) is 0 Å². The van der Waals surface area contributed by atoms with Gasteiger partial charge in [-0.1, -0.05) is 23.7 Å². The highest BCUT2D eigenvalue weighted by Gasteiger charge is 2.50. The average Bonchev–Trinajstić information content (AvgIpc) is 3.19. The van der Waals surface area contributed by atoms with Gasteiger partial charge in [-0.3, -0.25) is 0 Å². The van der Waals surface area contributed by atoms with Crippen LogP contribution < -0.4 is 5.73 Å². The molecule has 3 atom stereocenters. The Morgan fingerprint density at radius 2 is 2.07 bits per heavy atom. The highest BCUT2D eigenvalue weighted by molar-refractivity contribution is 6.32. The van der Waals surface area contributed by atoms with Gasteiger partial charge < -0.3 is 15.4 Å².